The van der Waals surface area contributed by atoms with E-state index in [1.165, 1.54) is 6.21 Å². The molecule has 0 fully saturated rings. The number of anilines is 2. The van der Waals surface area contributed by atoms with Gasteiger partial charge in [-0.15, -0.1) is 0 Å². The van der Waals surface area contributed by atoms with Gasteiger partial charge < -0.3 is 10.6 Å². The van der Waals surface area contributed by atoms with Crippen LogP contribution in [-0.4, -0.2) is 24.6 Å². The lowest BCUT2D eigenvalue weighted by molar-refractivity contribution is -0.139. The van der Waals surface area contributed by atoms with Crippen molar-refractivity contribution in [3.8, 4) is 0 Å². The molecule has 2 rings (SSSR count). The fraction of sp³-hybridized carbons (Fsp3) is 0.211. The third-order valence-corrected chi connectivity index (χ3v) is 3.98. The van der Waals surface area contributed by atoms with Crippen molar-refractivity contribution < 1.29 is 9.59 Å². The van der Waals surface area contributed by atoms with E-state index in [2.05, 4.69) is 21.2 Å². The van der Waals surface area contributed by atoms with Crippen LogP contribution in [0.25, 0.3) is 0 Å². The zero-order valence-corrected chi connectivity index (χ0v) is 16.3. The van der Waals surface area contributed by atoms with Crippen LogP contribution in [0.2, 0.25) is 10.0 Å². The Balaban J connectivity index is 2.04. The van der Waals surface area contributed by atoms with Crippen LogP contribution in [0.3, 0.4) is 0 Å². The second kappa shape index (κ2) is 10.5. The quantitative estimate of drug-likeness (QED) is 0.280. The summed E-state index contributed by atoms with van der Waals surface area (Å²) in [6.45, 7) is 2.45. The molecular weight excluding hydrogens is 387 g/mol. The molecule has 0 bridgehead atoms. The van der Waals surface area contributed by atoms with E-state index in [0.717, 1.165) is 18.5 Å². The molecule has 2 aromatic rings. The van der Waals surface area contributed by atoms with E-state index in [0.29, 0.717) is 27.8 Å². The maximum Gasteiger partial charge on any atom is 0.329 e. The Hall–Kier alpha value is -2.57. The fourth-order valence-electron chi connectivity index (χ4n) is 2.15. The van der Waals surface area contributed by atoms with Gasteiger partial charge in [0.15, 0.2) is 0 Å². The van der Waals surface area contributed by atoms with E-state index < -0.39 is 11.8 Å². The van der Waals surface area contributed by atoms with Gasteiger partial charge in [-0.05, 0) is 42.8 Å². The molecule has 6 nitrogen and oxygen atoms in total. The normalized spacial score (nSPS) is 10.6. The Morgan fingerprint density at radius 2 is 1.85 bits per heavy atom. The second-order valence-electron chi connectivity index (χ2n) is 5.68. The van der Waals surface area contributed by atoms with Crippen molar-refractivity contribution in [2.75, 3.05) is 11.9 Å². The molecule has 0 aliphatic heterocycles. The van der Waals surface area contributed by atoms with Crippen molar-refractivity contribution in [2.24, 2.45) is 5.10 Å². The first-order valence-electron chi connectivity index (χ1n) is 8.43. The summed E-state index contributed by atoms with van der Waals surface area (Å²) in [7, 11) is 0. The van der Waals surface area contributed by atoms with E-state index in [4.69, 9.17) is 23.2 Å². The standard InChI is InChI=1S/C19H20Cl2N4O2/c1-2-3-9-22-18(26)19(27)25-23-12-13-10-15(21)7-8-17(13)24-16-6-4-5-14(20)11-16/h4-8,10-12,24H,2-3,9H2,1H3,(H,22,26)(H,25,27)/b23-12-. The smallest absolute Gasteiger partial charge is 0.329 e. The van der Waals surface area contributed by atoms with E-state index in [1.54, 1.807) is 30.3 Å². The first-order chi connectivity index (χ1) is 13.0. The number of hydrogen-bond acceptors (Lipinski definition) is 4. The first-order valence-corrected chi connectivity index (χ1v) is 9.18. The molecule has 0 heterocycles. The summed E-state index contributed by atoms with van der Waals surface area (Å²) in [6, 6.07) is 12.4. The lowest BCUT2D eigenvalue weighted by atomic mass is 10.2. The van der Waals surface area contributed by atoms with Crippen molar-refractivity contribution in [1.82, 2.24) is 10.7 Å². The predicted octanol–water partition coefficient (Wildman–Crippen LogP) is 4.10. The Bertz CT molecular complexity index is 840. The molecule has 0 aliphatic carbocycles. The minimum atomic E-state index is -0.825. The zero-order valence-electron chi connectivity index (χ0n) is 14.8. The molecule has 2 amide bonds. The molecule has 0 spiro atoms. The number of amides is 2. The number of nitrogens with zero attached hydrogens (tertiary/aromatic N) is 1. The van der Waals surface area contributed by atoms with Crippen LogP contribution in [0, 0.1) is 0 Å². The van der Waals surface area contributed by atoms with Crippen LogP contribution in [0.4, 0.5) is 11.4 Å². The molecule has 2 aromatic carbocycles. The summed E-state index contributed by atoms with van der Waals surface area (Å²) in [5.74, 6) is -1.54. The van der Waals surface area contributed by atoms with Crippen LogP contribution in [0.1, 0.15) is 25.3 Å². The molecule has 0 unspecified atom stereocenters. The monoisotopic (exact) mass is 406 g/mol. The Morgan fingerprint density at radius 1 is 1.07 bits per heavy atom. The second-order valence-corrected chi connectivity index (χ2v) is 6.55. The van der Waals surface area contributed by atoms with Crippen LogP contribution in [0.15, 0.2) is 47.6 Å². The molecule has 142 valence electrons. The van der Waals surface area contributed by atoms with Gasteiger partial charge in [0.05, 0.1) is 6.21 Å². The van der Waals surface area contributed by atoms with E-state index in [-0.39, 0.29) is 0 Å². The van der Waals surface area contributed by atoms with Gasteiger partial charge in [-0.2, -0.15) is 5.10 Å². The third kappa shape index (κ3) is 6.92. The van der Waals surface area contributed by atoms with Gasteiger partial charge in [-0.25, -0.2) is 5.43 Å². The van der Waals surface area contributed by atoms with Gasteiger partial charge in [0.1, 0.15) is 0 Å². The minimum Gasteiger partial charge on any atom is -0.355 e. The van der Waals surface area contributed by atoms with Crippen molar-refractivity contribution in [3.05, 3.63) is 58.1 Å². The molecular formula is C19H20Cl2N4O2. The molecule has 0 saturated heterocycles. The van der Waals surface area contributed by atoms with Crippen LogP contribution in [-0.2, 0) is 9.59 Å². The summed E-state index contributed by atoms with van der Waals surface area (Å²) in [5, 5.41) is 10.7. The summed E-state index contributed by atoms with van der Waals surface area (Å²) < 4.78 is 0. The molecule has 27 heavy (non-hydrogen) atoms. The predicted molar refractivity (Wildman–Crippen MR) is 110 cm³/mol. The molecule has 0 aliphatic rings. The molecule has 0 radical (unpaired) electrons. The number of rotatable bonds is 7. The Labute approximate surface area is 167 Å². The highest BCUT2D eigenvalue weighted by Crippen LogP contribution is 2.24. The average molecular weight is 407 g/mol. The molecule has 0 atom stereocenters. The SMILES string of the molecule is CCCCNC(=O)C(=O)N/N=C\c1cc(Cl)ccc1Nc1cccc(Cl)c1. The van der Waals surface area contributed by atoms with Crippen molar-refractivity contribution in [1.29, 1.82) is 0 Å². The molecule has 3 N–H and O–H groups in total. The van der Waals surface area contributed by atoms with Crippen molar-refractivity contribution in [2.45, 2.75) is 19.8 Å². The number of carbonyl (C=O) groups is 2. The molecule has 8 heteroatoms. The maximum absolute atomic E-state index is 11.7. The highest BCUT2D eigenvalue weighted by molar-refractivity contribution is 6.35. The van der Waals surface area contributed by atoms with E-state index in [1.807, 2.05) is 19.1 Å². The summed E-state index contributed by atoms with van der Waals surface area (Å²) in [4.78, 5) is 23.3. The number of hydrazone groups is 1. The maximum atomic E-state index is 11.7. The first kappa shape index (κ1) is 20.7. The largest absolute Gasteiger partial charge is 0.355 e. The van der Waals surface area contributed by atoms with Gasteiger partial charge in [0.2, 0.25) is 0 Å². The van der Waals surface area contributed by atoms with Crippen LogP contribution in [0.5, 0.6) is 0 Å². The van der Waals surface area contributed by atoms with E-state index >= 15 is 0 Å². The van der Waals surface area contributed by atoms with E-state index in [9.17, 15) is 9.59 Å². The number of nitrogens with one attached hydrogen (secondary N) is 3. The van der Waals surface area contributed by atoms with Gasteiger partial charge in [-0.3, -0.25) is 9.59 Å². The zero-order chi connectivity index (χ0) is 19.6. The van der Waals surface area contributed by atoms with Gasteiger partial charge in [-0.1, -0.05) is 42.6 Å². The highest BCUT2D eigenvalue weighted by Gasteiger charge is 2.11. The minimum absolute atomic E-state index is 0.453. The molecule has 0 aromatic heterocycles. The topological polar surface area (TPSA) is 82.6 Å². The third-order valence-electron chi connectivity index (χ3n) is 3.51. The fourth-order valence-corrected chi connectivity index (χ4v) is 2.52. The summed E-state index contributed by atoms with van der Waals surface area (Å²) in [6.07, 6.45) is 3.15. The average Bonchev–Trinajstić information content (AvgIpc) is 2.64. The highest BCUT2D eigenvalue weighted by atomic mass is 35.5. The van der Waals surface area contributed by atoms with Crippen LogP contribution < -0.4 is 16.1 Å². The van der Waals surface area contributed by atoms with Crippen molar-refractivity contribution >= 4 is 52.6 Å². The summed E-state index contributed by atoms with van der Waals surface area (Å²) in [5.41, 5.74) is 4.34. The number of carbonyl (C=O) groups excluding carboxylic acids is 2. The number of hydrogen-bond donors (Lipinski definition) is 3. The lowest BCUT2D eigenvalue weighted by Crippen LogP contribution is -2.38. The Morgan fingerprint density at radius 3 is 2.59 bits per heavy atom. The van der Waals surface area contributed by atoms with Gasteiger partial charge in [0.25, 0.3) is 0 Å². The Kier molecular flexibility index (Phi) is 8.10. The van der Waals surface area contributed by atoms with Gasteiger partial charge >= 0.3 is 11.8 Å². The number of unbranched alkanes of at least 4 members (excludes halogenated alkanes) is 1. The lowest BCUT2D eigenvalue weighted by Gasteiger charge is -2.10. The van der Waals surface area contributed by atoms with Crippen LogP contribution >= 0.6 is 23.2 Å². The van der Waals surface area contributed by atoms with Crippen molar-refractivity contribution in [3.63, 3.8) is 0 Å². The van der Waals surface area contributed by atoms with Gasteiger partial charge in [0, 0.05) is 33.5 Å². The summed E-state index contributed by atoms with van der Waals surface area (Å²) >= 11 is 12.0. The number of halogens is 2. The number of benzene rings is 2. The molecule has 0 saturated carbocycles.